The highest BCUT2D eigenvalue weighted by atomic mass is 16.5. The summed E-state index contributed by atoms with van der Waals surface area (Å²) in [5.74, 6) is 1.61. The lowest BCUT2D eigenvalue weighted by Gasteiger charge is -2.27. The van der Waals surface area contributed by atoms with Crippen LogP contribution in [0.2, 0.25) is 0 Å². The van der Waals surface area contributed by atoms with Gasteiger partial charge in [-0.2, -0.15) is 0 Å². The predicted octanol–water partition coefficient (Wildman–Crippen LogP) is 2.56. The van der Waals surface area contributed by atoms with Crippen molar-refractivity contribution in [1.82, 2.24) is 4.90 Å². The molecule has 2 rings (SSSR count). The van der Waals surface area contributed by atoms with Gasteiger partial charge in [0.25, 0.3) is 0 Å². The van der Waals surface area contributed by atoms with Crippen LogP contribution in [-0.2, 0) is 0 Å². The van der Waals surface area contributed by atoms with Gasteiger partial charge in [0, 0.05) is 26.1 Å². The molecule has 0 radical (unpaired) electrons. The molecular weight excluding hydrogens is 250 g/mol. The van der Waals surface area contributed by atoms with Crippen molar-refractivity contribution in [1.29, 1.82) is 0 Å². The van der Waals surface area contributed by atoms with Gasteiger partial charge < -0.3 is 15.4 Å². The summed E-state index contributed by atoms with van der Waals surface area (Å²) in [4.78, 5) is 6.62. The first-order chi connectivity index (χ1) is 9.75. The Labute approximate surface area is 121 Å². The molecular formula is C16H25N3O. The van der Waals surface area contributed by atoms with Crippen molar-refractivity contribution in [2.75, 3.05) is 26.2 Å². The lowest BCUT2D eigenvalue weighted by Crippen LogP contribution is -2.40. The first kappa shape index (κ1) is 14.7. The zero-order valence-electron chi connectivity index (χ0n) is 12.3. The van der Waals surface area contributed by atoms with Crippen molar-refractivity contribution in [2.24, 2.45) is 10.7 Å². The number of hydrogen-bond acceptors (Lipinski definition) is 2. The molecule has 0 unspecified atom stereocenters. The molecule has 1 aromatic carbocycles. The number of aliphatic imine (C=N–C) groups is 1. The van der Waals surface area contributed by atoms with Crippen LogP contribution in [0.1, 0.15) is 31.2 Å². The van der Waals surface area contributed by atoms with Crippen LogP contribution < -0.4 is 10.5 Å². The molecule has 0 saturated carbocycles. The number of benzene rings is 1. The van der Waals surface area contributed by atoms with Gasteiger partial charge in [0.05, 0.1) is 6.61 Å². The van der Waals surface area contributed by atoms with E-state index in [-0.39, 0.29) is 0 Å². The SMILES string of the molecule is Cc1ccc(OCCCN=C(N)N2CCCCC2)cc1. The highest BCUT2D eigenvalue weighted by Gasteiger charge is 2.11. The Kier molecular flexibility index (Phi) is 5.71. The predicted molar refractivity (Wildman–Crippen MR) is 83.2 cm³/mol. The molecule has 0 bridgehead atoms. The molecule has 4 nitrogen and oxygen atoms in total. The van der Waals surface area contributed by atoms with E-state index in [1.807, 2.05) is 12.1 Å². The van der Waals surface area contributed by atoms with E-state index in [9.17, 15) is 0 Å². The van der Waals surface area contributed by atoms with E-state index in [2.05, 4.69) is 28.9 Å². The van der Waals surface area contributed by atoms with Gasteiger partial charge in [0.15, 0.2) is 5.96 Å². The first-order valence-electron chi connectivity index (χ1n) is 7.50. The molecule has 1 aromatic rings. The fourth-order valence-electron chi connectivity index (χ4n) is 2.31. The summed E-state index contributed by atoms with van der Waals surface area (Å²) >= 11 is 0. The van der Waals surface area contributed by atoms with Gasteiger partial charge in [-0.3, -0.25) is 4.99 Å². The third kappa shape index (κ3) is 4.76. The number of likely N-dealkylation sites (tertiary alicyclic amines) is 1. The lowest BCUT2D eigenvalue weighted by molar-refractivity contribution is 0.311. The van der Waals surface area contributed by atoms with Crippen molar-refractivity contribution < 1.29 is 4.74 Å². The molecule has 1 fully saturated rings. The van der Waals surface area contributed by atoms with Gasteiger partial charge in [-0.05, 0) is 38.3 Å². The van der Waals surface area contributed by atoms with Crippen LogP contribution in [0.4, 0.5) is 0 Å². The van der Waals surface area contributed by atoms with Crippen molar-refractivity contribution in [3.63, 3.8) is 0 Å². The van der Waals surface area contributed by atoms with E-state index in [0.29, 0.717) is 12.6 Å². The molecule has 4 heteroatoms. The van der Waals surface area contributed by atoms with Gasteiger partial charge in [0.1, 0.15) is 5.75 Å². The second-order valence-electron chi connectivity index (χ2n) is 5.30. The summed E-state index contributed by atoms with van der Waals surface area (Å²) in [5.41, 5.74) is 7.24. The molecule has 20 heavy (non-hydrogen) atoms. The quantitative estimate of drug-likeness (QED) is 0.510. The van der Waals surface area contributed by atoms with E-state index in [1.54, 1.807) is 0 Å². The number of nitrogens with zero attached hydrogens (tertiary/aromatic N) is 2. The maximum Gasteiger partial charge on any atom is 0.191 e. The van der Waals surface area contributed by atoms with Crippen molar-refractivity contribution in [3.8, 4) is 5.75 Å². The number of aryl methyl sites for hydroxylation is 1. The zero-order valence-corrected chi connectivity index (χ0v) is 12.3. The summed E-state index contributed by atoms with van der Waals surface area (Å²) in [6.07, 6.45) is 4.66. The molecule has 1 saturated heterocycles. The second-order valence-corrected chi connectivity index (χ2v) is 5.30. The van der Waals surface area contributed by atoms with Gasteiger partial charge in [-0.25, -0.2) is 0 Å². The van der Waals surface area contributed by atoms with E-state index in [1.165, 1.54) is 24.8 Å². The van der Waals surface area contributed by atoms with Crippen molar-refractivity contribution in [3.05, 3.63) is 29.8 Å². The Hall–Kier alpha value is -1.71. The Morgan fingerprint density at radius 1 is 1.20 bits per heavy atom. The summed E-state index contributed by atoms with van der Waals surface area (Å²) < 4.78 is 5.66. The van der Waals surface area contributed by atoms with E-state index >= 15 is 0 Å². The Balaban J connectivity index is 1.64. The summed E-state index contributed by atoms with van der Waals surface area (Å²) in [7, 11) is 0. The lowest BCUT2D eigenvalue weighted by atomic mass is 10.1. The van der Waals surface area contributed by atoms with E-state index < -0.39 is 0 Å². The molecule has 0 atom stereocenters. The normalized spacial score (nSPS) is 16.2. The molecule has 1 heterocycles. The maximum absolute atomic E-state index is 5.99. The molecule has 0 spiro atoms. The number of rotatable bonds is 5. The molecule has 0 aromatic heterocycles. The third-order valence-electron chi connectivity index (χ3n) is 3.55. The molecule has 110 valence electrons. The number of hydrogen-bond donors (Lipinski definition) is 1. The molecule has 1 aliphatic rings. The third-order valence-corrected chi connectivity index (χ3v) is 3.55. The van der Waals surface area contributed by atoms with E-state index in [0.717, 1.165) is 31.8 Å². The fraction of sp³-hybridized carbons (Fsp3) is 0.562. The van der Waals surface area contributed by atoms with Crippen molar-refractivity contribution in [2.45, 2.75) is 32.6 Å². The second kappa shape index (κ2) is 7.78. The maximum atomic E-state index is 5.99. The minimum absolute atomic E-state index is 0.680. The van der Waals surface area contributed by atoms with Gasteiger partial charge in [-0.15, -0.1) is 0 Å². The molecule has 0 aliphatic carbocycles. The summed E-state index contributed by atoms with van der Waals surface area (Å²) in [6.45, 7) is 5.58. The van der Waals surface area contributed by atoms with E-state index in [4.69, 9.17) is 10.5 Å². The highest BCUT2D eigenvalue weighted by molar-refractivity contribution is 5.78. The van der Waals surface area contributed by atoms with Crippen LogP contribution >= 0.6 is 0 Å². The largest absolute Gasteiger partial charge is 0.494 e. The number of piperidine rings is 1. The number of guanidine groups is 1. The van der Waals surface area contributed by atoms with Crippen LogP contribution in [0, 0.1) is 6.92 Å². The van der Waals surface area contributed by atoms with Gasteiger partial charge >= 0.3 is 0 Å². The fourth-order valence-corrected chi connectivity index (χ4v) is 2.31. The smallest absolute Gasteiger partial charge is 0.191 e. The van der Waals surface area contributed by atoms with Gasteiger partial charge in [-0.1, -0.05) is 17.7 Å². The summed E-state index contributed by atoms with van der Waals surface area (Å²) in [5, 5.41) is 0. The van der Waals surface area contributed by atoms with Crippen LogP contribution in [0.3, 0.4) is 0 Å². The monoisotopic (exact) mass is 275 g/mol. The van der Waals surface area contributed by atoms with Gasteiger partial charge in [0.2, 0.25) is 0 Å². The van der Waals surface area contributed by atoms with Crippen LogP contribution in [0.25, 0.3) is 0 Å². The van der Waals surface area contributed by atoms with Crippen LogP contribution in [-0.4, -0.2) is 37.1 Å². The minimum Gasteiger partial charge on any atom is -0.494 e. The molecule has 0 amide bonds. The average molecular weight is 275 g/mol. The Bertz CT molecular complexity index is 422. The Morgan fingerprint density at radius 3 is 2.60 bits per heavy atom. The van der Waals surface area contributed by atoms with Crippen molar-refractivity contribution >= 4 is 5.96 Å². The van der Waals surface area contributed by atoms with Crippen LogP contribution in [0.15, 0.2) is 29.3 Å². The number of ether oxygens (including phenoxy) is 1. The minimum atomic E-state index is 0.680. The molecule has 2 N–H and O–H groups in total. The number of nitrogens with two attached hydrogens (primary N) is 1. The highest BCUT2D eigenvalue weighted by Crippen LogP contribution is 2.11. The topological polar surface area (TPSA) is 50.9 Å². The summed E-state index contributed by atoms with van der Waals surface area (Å²) in [6, 6.07) is 8.12. The van der Waals surface area contributed by atoms with Crippen LogP contribution in [0.5, 0.6) is 5.75 Å². The first-order valence-corrected chi connectivity index (χ1v) is 7.50. The average Bonchev–Trinajstić information content (AvgIpc) is 2.49. The molecule has 1 aliphatic heterocycles. The Morgan fingerprint density at radius 2 is 1.90 bits per heavy atom. The standard InChI is InChI=1S/C16H25N3O/c1-14-6-8-15(9-7-14)20-13-5-10-18-16(17)19-11-3-2-4-12-19/h6-9H,2-5,10-13H2,1H3,(H2,17,18). The zero-order chi connectivity index (χ0) is 14.2.